The molecular formula is C18H21N3O5. The van der Waals surface area contributed by atoms with Crippen LogP contribution in [0.2, 0.25) is 0 Å². The molecule has 0 radical (unpaired) electrons. The van der Waals surface area contributed by atoms with E-state index in [1.165, 1.54) is 19.1 Å². The topological polar surface area (TPSA) is 125 Å². The zero-order valence-electron chi connectivity index (χ0n) is 14.9. The number of ether oxygens (including phenoxy) is 1. The quantitative estimate of drug-likeness (QED) is 0.727. The monoisotopic (exact) mass is 359 g/mol. The minimum Gasteiger partial charge on any atom is -0.453 e. The lowest BCUT2D eigenvalue weighted by Crippen LogP contribution is -2.30. The van der Waals surface area contributed by atoms with E-state index < -0.39 is 23.9 Å². The molecule has 1 aromatic heterocycles. The number of nitrogens with one attached hydrogen (secondary N) is 1. The van der Waals surface area contributed by atoms with Gasteiger partial charge in [0.1, 0.15) is 5.76 Å². The second-order valence-corrected chi connectivity index (χ2v) is 5.87. The number of primary amides is 1. The Hall–Kier alpha value is -3.16. The number of nitrogens with zero attached hydrogens (tertiary/aromatic N) is 1. The number of benzene rings is 1. The minimum absolute atomic E-state index is 0.119. The van der Waals surface area contributed by atoms with Crippen molar-refractivity contribution >= 4 is 23.5 Å². The van der Waals surface area contributed by atoms with E-state index in [4.69, 9.17) is 15.0 Å². The normalized spacial score (nSPS) is 11.7. The van der Waals surface area contributed by atoms with Crippen molar-refractivity contribution in [1.82, 2.24) is 5.16 Å². The van der Waals surface area contributed by atoms with Crippen LogP contribution in [-0.2, 0) is 20.7 Å². The summed E-state index contributed by atoms with van der Waals surface area (Å²) >= 11 is 0. The molecule has 8 heteroatoms. The Labute approximate surface area is 150 Å². The number of carbonyl (C=O) groups excluding carboxylic acids is 3. The molecule has 138 valence electrons. The summed E-state index contributed by atoms with van der Waals surface area (Å²) in [6.45, 7) is 5.07. The van der Waals surface area contributed by atoms with Crippen LogP contribution in [0.25, 0.3) is 0 Å². The number of carbonyl (C=O) groups is 3. The maximum Gasteiger partial charge on any atom is 0.306 e. The van der Waals surface area contributed by atoms with Gasteiger partial charge in [-0.2, -0.15) is 0 Å². The van der Waals surface area contributed by atoms with Crippen molar-refractivity contribution in [2.45, 2.75) is 39.7 Å². The summed E-state index contributed by atoms with van der Waals surface area (Å²) in [4.78, 5) is 35.1. The zero-order valence-corrected chi connectivity index (χ0v) is 14.9. The first-order valence-corrected chi connectivity index (χ1v) is 8.10. The summed E-state index contributed by atoms with van der Waals surface area (Å²) in [7, 11) is 0. The molecule has 0 fully saturated rings. The van der Waals surface area contributed by atoms with Gasteiger partial charge in [-0.1, -0.05) is 5.16 Å². The van der Waals surface area contributed by atoms with Crippen LogP contribution >= 0.6 is 0 Å². The molecule has 2 amide bonds. The fourth-order valence-electron chi connectivity index (χ4n) is 2.36. The molecule has 0 aliphatic rings. The van der Waals surface area contributed by atoms with E-state index in [2.05, 4.69) is 10.5 Å². The van der Waals surface area contributed by atoms with Gasteiger partial charge in [-0.05, 0) is 51.5 Å². The summed E-state index contributed by atoms with van der Waals surface area (Å²) < 4.78 is 10.2. The van der Waals surface area contributed by atoms with Crippen LogP contribution in [0.15, 0.2) is 28.8 Å². The molecule has 2 aromatic rings. The SMILES string of the molecule is Cc1noc(C)c1CCC(=O)OC(C)C(=O)Nc1ccc(C(N)=O)cc1. The lowest BCUT2D eigenvalue weighted by atomic mass is 10.1. The lowest BCUT2D eigenvalue weighted by molar-refractivity contribution is -0.153. The van der Waals surface area contributed by atoms with Gasteiger partial charge in [0, 0.05) is 23.2 Å². The van der Waals surface area contributed by atoms with Crippen molar-refractivity contribution in [2.75, 3.05) is 5.32 Å². The summed E-state index contributed by atoms with van der Waals surface area (Å²) in [6.07, 6.45) is -0.403. The molecule has 2 rings (SSSR count). The molecule has 1 aromatic carbocycles. The molecular weight excluding hydrogens is 338 g/mol. The number of anilines is 1. The third kappa shape index (κ3) is 4.92. The Morgan fingerprint density at radius 3 is 2.42 bits per heavy atom. The average Bonchev–Trinajstić information content (AvgIpc) is 2.91. The van der Waals surface area contributed by atoms with Crippen molar-refractivity contribution in [3.05, 3.63) is 46.8 Å². The molecule has 0 bridgehead atoms. The Balaban J connectivity index is 1.84. The molecule has 8 nitrogen and oxygen atoms in total. The third-order valence-corrected chi connectivity index (χ3v) is 3.87. The Kier molecular flexibility index (Phi) is 6.11. The van der Waals surface area contributed by atoms with Gasteiger partial charge in [0.15, 0.2) is 6.10 Å². The number of aromatic nitrogens is 1. The highest BCUT2D eigenvalue weighted by Gasteiger charge is 2.19. The first kappa shape index (κ1) is 19.2. The summed E-state index contributed by atoms with van der Waals surface area (Å²) in [5, 5.41) is 6.43. The lowest BCUT2D eigenvalue weighted by Gasteiger charge is -2.13. The van der Waals surface area contributed by atoms with E-state index in [0.29, 0.717) is 23.4 Å². The highest BCUT2D eigenvalue weighted by molar-refractivity contribution is 5.96. The standard InChI is InChI=1S/C18H21N3O5/c1-10-15(11(2)26-21-10)8-9-16(22)25-12(3)18(24)20-14-6-4-13(5-7-14)17(19)23/h4-7,12H,8-9H2,1-3H3,(H2,19,23)(H,20,24). The molecule has 0 saturated carbocycles. The van der Waals surface area contributed by atoms with Crippen molar-refractivity contribution < 1.29 is 23.6 Å². The van der Waals surface area contributed by atoms with E-state index >= 15 is 0 Å². The number of esters is 1. The van der Waals surface area contributed by atoms with Crippen molar-refractivity contribution in [3.63, 3.8) is 0 Å². The maximum atomic E-state index is 12.1. The Bertz CT molecular complexity index is 791. The number of hydrogen-bond acceptors (Lipinski definition) is 6. The van der Waals surface area contributed by atoms with Crippen LogP contribution in [0.5, 0.6) is 0 Å². The number of aryl methyl sites for hydroxylation is 2. The van der Waals surface area contributed by atoms with Gasteiger partial charge in [0.2, 0.25) is 5.91 Å². The predicted molar refractivity (Wildman–Crippen MR) is 93.4 cm³/mol. The van der Waals surface area contributed by atoms with E-state index in [0.717, 1.165) is 11.3 Å². The van der Waals surface area contributed by atoms with Gasteiger partial charge in [-0.25, -0.2) is 0 Å². The van der Waals surface area contributed by atoms with E-state index in [-0.39, 0.29) is 6.42 Å². The Morgan fingerprint density at radius 2 is 1.88 bits per heavy atom. The molecule has 1 unspecified atom stereocenters. The van der Waals surface area contributed by atoms with Crippen LogP contribution in [0.3, 0.4) is 0 Å². The molecule has 3 N–H and O–H groups in total. The van der Waals surface area contributed by atoms with Gasteiger partial charge < -0.3 is 20.3 Å². The smallest absolute Gasteiger partial charge is 0.306 e. The minimum atomic E-state index is -0.956. The molecule has 26 heavy (non-hydrogen) atoms. The number of amides is 2. The third-order valence-electron chi connectivity index (χ3n) is 3.87. The fourth-order valence-corrected chi connectivity index (χ4v) is 2.36. The summed E-state index contributed by atoms with van der Waals surface area (Å²) in [5.41, 5.74) is 7.57. The fraction of sp³-hybridized carbons (Fsp3) is 0.333. The second kappa shape index (κ2) is 8.28. The van der Waals surface area contributed by atoms with Crippen molar-refractivity contribution in [1.29, 1.82) is 0 Å². The molecule has 0 aliphatic carbocycles. The molecule has 1 atom stereocenters. The van der Waals surface area contributed by atoms with E-state index in [9.17, 15) is 14.4 Å². The second-order valence-electron chi connectivity index (χ2n) is 5.87. The zero-order chi connectivity index (χ0) is 19.3. The first-order valence-electron chi connectivity index (χ1n) is 8.10. The van der Waals surface area contributed by atoms with Gasteiger partial charge in [0.05, 0.1) is 5.69 Å². The van der Waals surface area contributed by atoms with Crippen molar-refractivity contribution in [2.24, 2.45) is 5.73 Å². The number of nitrogens with two attached hydrogens (primary N) is 1. The van der Waals surface area contributed by atoms with Crippen molar-refractivity contribution in [3.8, 4) is 0 Å². The number of rotatable bonds is 7. The van der Waals surface area contributed by atoms with E-state index in [1.54, 1.807) is 26.0 Å². The van der Waals surface area contributed by atoms with Gasteiger partial charge >= 0.3 is 5.97 Å². The summed E-state index contributed by atoms with van der Waals surface area (Å²) in [5.74, 6) is -0.844. The molecule has 0 spiro atoms. The van der Waals surface area contributed by atoms with Crippen LogP contribution in [0.4, 0.5) is 5.69 Å². The number of hydrogen-bond donors (Lipinski definition) is 2. The first-order chi connectivity index (χ1) is 12.3. The summed E-state index contributed by atoms with van der Waals surface area (Å²) in [6, 6.07) is 6.09. The predicted octanol–water partition coefficient (Wildman–Crippen LogP) is 1.89. The van der Waals surface area contributed by atoms with Crippen LogP contribution in [0.1, 0.15) is 40.7 Å². The highest BCUT2D eigenvalue weighted by Crippen LogP contribution is 2.15. The Morgan fingerprint density at radius 1 is 1.23 bits per heavy atom. The highest BCUT2D eigenvalue weighted by atomic mass is 16.5. The van der Waals surface area contributed by atoms with E-state index in [1.807, 2.05) is 0 Å². The van der Waals surface area contributed by atoms with Crippen LogP contribution in [0, 0.1) is 13.8 Å². The molecule has 0 aliphatic heterocycles. The van der Waals surface area contributed by atoms with Gasteiger partial charge in [0.25, 0.3) is 5.91 Å². The average molecular weight is 359 g/mol. The molecule has 1 heterocycles. The largest absolute Gasteiger partial charge is 0.453 e. The maximum absolute atomic E-state index is 12.1. The molecule has 0 saturated heterocycles. The van der Waals surface area contributed by atoms with Gasteiger partial charge in [-0.15, -0.1) is 0 Å². The van der Waals surface area contributed by atoms with Crippen LogP contribution < -0.4 is 11.1 Å². The van der Waals surface area contributed by atoms with Gasteiger partial charge in [-0.3, -0.25) is 14.4 Å². The van der Waals surface area contributed by atoms with Crippen LogP contribution in [-0.4, -0.2) is 29.0 Å².